The number of sulfone groups is 1. The number of aromatic nitrogens is 2. The van der Waals surface area contributed by atoms with Crippen molar-refractivity contribution in [1.82, 2.24) is 14.5 Å². The van der Waals surface area contributed by atoms with Gasteiger partial charge in [0.05, 0.1) is 38.7 Å². The fraction of sp³-hybridized carbons (Fsp3) is 0.231. The lowest BCUT2D eigenvalue weighted by Crippen LogP contribution is -2.41. The maximum atomic E-state index is 12.8. The van der Waals surface area contributed by atoms with Crippen molar-refractivity contribution in [3.63, 3.8) is 0 Å². The first-order valence-electron chi connectivity index (χ1n) is 11.7. The molecule has 0 saturated carbocycles. The van der Waals surface area contributed by atoms with Gasteiger partial charge in [-0.2, -0.15) is 0 Å². The minimum Gasteiger partial charge on any atom is -0.397 e. The SMILES string of the molecule is Nc1cc(S(=O)(=O)c2ccccc2)ccc1NC(=O)CN1CCC(n2c(=O)[nH]c3ccccc32)CC1. The molecule has 3 aromatic carbocycles. The summed E-state index contributed by atoms with van der Waals surface area (Å²) in [6, 6.07) is 20.2. The van der Waals surface area contributed by atoms with Gasteiger partial charge < -0.3 is 16.0 Å². The third-order valence-corrected chi connectivity index (χ3v) is 8.34. The number of H-pyrrole nitrogens is 1. The van der Waals surface area contributed by atoms with Gasteiger partial charge in [0.2, 0.25) is 15.7 Å². The first-order chi connectivity index (χ1) is 17.3. The smallest absolute Gasteiger partial charge is 0.326 e. The molecule has 0 spiro atoms. The number of benzene rings is 3. The first kappa shape index (κ1) is 23.8. The number of piperidine rings is 1. The molecule has 1 aromatic heterocycles. The van der Waals surface area contributed by atoms with E-state index in [0.29, 0.717) is 18.8 Å². The number of fused-ring (bicyclic) bond motifs is 1. The van der Waals surface area contributed by atoms with Crippen LogP contribution in [0.5, 0.6) is 0 Å². The average Bonchev–Trinajstić information content (AvgIpc) is 3.22. The maximum absolute atomic E-state index is 12.8. The van der Waals surface area contributed by atoms with E-state index < -0.39 is 9.84 Å². The summed E-state index contributed by atoms with van der Waals surface area (Å²) in [5.41, 5.74) is 8.24. The van der Waals surface area contributed by atoms with E-state index >= 15 is 0 Å². The predicted molar refractivity (Wildman–Crippen MR) is 139 cm³/mol. The van der Waals surface area contributed by atoms with Crippen molar-refractivity contribution in [1.29, 1.82) is 0 Å². The third-order valence-electron chi connectivity index (χ3n) is 6.57. The summed E-state index contributed by atoms with van der Waals surface area (Å²) in [6.07, 6.45) is 1.51. The first-order valence-corrected chi connectivity index (χ1v) is 13.2. The minimum absolute atomic E-state index is 0.0683. The molecule has 0 unspecified atom stereocenters. The van der Waals surface area contributed by atoms with Gasteiger partial charge in [0.25, 0.3) is 0 Å². The monoisotopic (exact) mass is 505 g/mol. The van der Waals surface area contributed by atoms with Crippen molar-refractivity contribution in [3.8, 4) is 0 Å². The lowest BCUT2D eigenvalue weighted by molar-refractivity contribution is -0.117. The zero-order chi connectivity index (χ0) is 25.3. The number of nitrogen functional groups attached to an aromatic ring is 1. The molecule has 10 heteroatoms. The normalized spacial score (nSPS) is 15.2. The fourth-order valence-corrected chi connectivity index (χ4v) is 6.04. The number of carbonyl (C=O) groups is 1. The van der Waals surface area contributed by atoms with Crippen LogP contribution in [-0.4, -0.2) is 48.4 Å². The molecule has 1 saturated heterocycles. The number of nitrogens with two attached hydrogens (primary N) is 1. The van der Waals surface area contributed by atoms with Crippen LogP contribution < -0.4 is 16.7 Å². The van der Waals surface area contributed by atoms with Gasteiger partial charge >= 0.3 is 5.69 Å². The topological polar surface area (TPSA) is 130 Å². The molecule has 4 aromatic rings. The molecule has 9 nitrogen and oxygen atoms in total. The standard InChI is InChI=1S/C26H27N5O4S/c27-21-16-20(36(34,35)19-6-2-1-3-7-19)10-11-22(21)28-25(32)17-30-14-12-18(13-15-30)31-24-9-5-4-8-23(24)29-26(31)33/h1-11,16,18H,12-15,17,27H2,(H,28,32)(H,29,33). The van der Waals surface area contributed by atoms with Crippen LogP contribution >= 0.6 is 0 Å². The number of imidazole rings is 1. The fourth-order valence-electron chi connectivity index (χ4n) is 4.72. The highest BCUT2D eigenvalue weighted by Gasteiger charge is 2.25. The highest BCUT2D eigenvalue weighted by Crippen LogP contribution is 2.28. The quantitative estimate of drug-likeness (QED) is 0.345. The Morgan fingerprint density at radius 2 is 1.67 bits per heavy atom. The Morgan fingerprint density at radius 1 is 0.972 bits per heavy atom. The van der Waals surface area contributed by atoms with Crippen molar-refractivity contribution in [2.45, 2.75) is 28.7 Å². The van der Waals surface area contributed by atoms with E-state index in [-0.39, 0.29) is 39.7 Å². The molecule has 0 atom stereocenters. The van der Waals surface area contributed by atoms with Gasteiger partial charge in [0.1, 0.15) is 0 Å². The molecule has 36 heavy (non-hydrogen) atoms. The number of rotatable bonds is 6. The van der Waals surface area contributed by atoms with Crippen molar-refractivity contribution >= 4 is 38.2 Å². The largest absolute Gasteiger partial charge is 0.397 e. The molecule has 5 rings (SSSR count). The number of hydrogen-bond acceptors (Lipinski definition) is 6. The number of para-hydroxylation sites is 2. The predicted octanol–water partition coefficient (Wildman–Crippen LogP) is 3.02. The molecule has 1 fully saturated rings. The molecule has 1 aliphatic heterocycles. The number of nitrogens with one attached hydrogen (secondary N) is 2. The Bertz CT molecular complexity index is 1570. The molecular weight excluding hydrogens is 478 g/mol. The Labute approximate surface area is 208 Å². The van der Waals surface area contributed by atoms with Crippen molar-refractivity contribution in [2.75, 3.05) is 30.7 Å². The Balaban J connectivity index is 1.20. The molecule has 1 aliphatic rings. The van der Waals surface area contributed by atoms with Gasteiger partial charge in [-0.3, -0.25) is 14.3 Å². The van der Waals surface area contributed by atoms with Crippen LogP contribution in [0.4, 0.5) is 11.4 Å². The van der Waals surface area contributed by atoms with Crippen LogP contribution in [0, 0.1) is 0 Å². The number of aromatic amines is 1. The highest BCUT2D eigenvalue weighted by atomic mass is 32.2. The van der Waals surface area contributed by atoms with Crippen LogP contribution in [0.15, 0.2) is 87.4 Å². The number of likely N-dealkylation sites (tertiary alicyclic amines) is 1. The molecule has 0 bridgehead atoms. The van der Waals surface area contributed by atoms with E-state index in [1.54, 1.807) is 18.2 Å². The zero-order valence-electron chi connectivity index (χ0n) is 19.6. The van der Waals surface area contributed by atoms with E-state index in [1.165, 1.54) is 30.3 Å². The molecule has 186 valence electrons. The number of nitrogens with zero attached hydrogens (tertiary/aromatic N) is 2. The van der Waals surface area contributed by atoms with Crippen LogP contribution in [0.2, 0.25) is 0 Å². The molecular formula is C26H27N5O4S. The summed E-state index contributed by atoms with van der Waals surface area (Å²) in [6.45, 7) is 1.53. The number of hydrogen-bond donors (Lipinski definition) is 3. The van der Waals surface area contributed by atoms with E-state index in [1.807, 2.05) is 33.7 Å². The Morgan fingerprint density at radius 3 is 2.39 bits per heavy atom. The highest BCUT2D eigenvalue weighted by molar-refractivity contribution is 7.91. The summed E-state index contributed by atoms with van der Waals surface area (Å²) in [4.78, 5) is 30.4. The Hall–Kier alpha value is -3.89. The maximum Gasteiger partial charge on any atom is 0.326 e. The van der Waals surface area contributed by atoms with E-state index in [9.17, 15) is 18.0 Å². The summed E-state index contributed by atoms with van der Waals surface area (Å²) >= 11 is 0. The van der Waals surface area contributed by atoms with Gasteiger partial charge in [-0.15, -0.1) is 0 Å². The molecule has 4 N–H and O–H groups in total. The van der Waals surface area contributed by atoms with Gasteiger partial charge in [0.15, 0.2) is 0 Å². The van der Waals surface area contributed by atoms with Crippen LogP contribution in [0.25, 0.3) is 11.0 Å². The van der Waals surface area contributed by atoms with Crippen molar-refractivity contribution < 1.29 is 13.2 Å². The van der Waals surface area contributed by atoms with E-state index in [4.69, 9.17) is 5.73 Å². The molecule has 2 heterocycles. The summed E-state index contributed by atoms with van der Waals surface area (Å²) in [5, 5.41) is 2.79. The second kappa shape index (κ2) is 9.63. The second-order valence-corrected chi connectivity index (χ2v) is 10.9. The van der Waals surface area contributed by atoms with Crippen molar-refractivity contribution in [3.05, 3.63) is 83.3 Å². The van der Waals surface area contributed by atoms with E-state index in [0.717, 1.165) is 23.9 Å². The van der Waals surface area contributed by atoms with Gasteiger partial charge in [-0.25, -0.2) is 13.2 Å². The van der Waals surface area contributed by atoms with Gasteiger partial charge in [-0.1, -0.05) is 30.3 Å². The van der Waals surface area contributed by atoms with Gasteiger partial charge in [0, 0.05) is 19.1 Å². The van der Waals surface area contributed by atoms with Crippen LogP contribution in [0.1, 0.15) is 18.9 Å². The molecule has 1 amide bonds. The third kappa shape index (κ3) is 4.65. The van der Waals surface area contributed by atoms with Gasteiger partial charge in [-0.05, 0) is 55.3 Å². The molecule has 0 radical (unpaired) electrons. The van der Waals surface area contributed by atoms with Crippen LogP contribution in [-0.2, 0) is 14.6 Å². The second-order valence-electron chi connectivity index (χ2n) is 8.94. The summed E-state index contributed by atoms with van der Waals surface area (Å²) in [7, 11) is -3.70. The van der Waals surface area contributed by atoms with E-state index in [2.05, 4.69) is 10.3 Å². The molecule has 0 aliphatic carbocycles. The minimum atomic E-state index is -3.70. The van der Waals surface area contributed by atoms with Crippen LogP contribution in [0.3, 0.4) is 0 Å². The summed E-state index contributed by atoms with van der Waals surface area (Å²) < 4.78 is 27.4. The average molecular weight is 506 g/mol. The number of anilines is 2. The lowest BCUT2D eigenvalue weighted by atomic mass is 10.0. The van der Waals surface area contributed by atoms with Crippen molar-refractivity contribution in [2.24, 2.45) is 0 Å². The number of amides is 1. The summed E-state index contributed by atoms with van der Waals surface area (Å²) in [5.74, 6) is -0.233. The Kier molecular flexibility index (Phi) is 6.38. The lowest BCUT2D eigenvalue weighted by Gasteiger charge is -2.32. The zero-order valence-corrected chi connectivity index (χ0v) is 20.4. The number of carbonyl (C=O) groups excluding carboxylic acids is 1.